The Morgan fingerprint density at radius 3 is 2.70 bits per heavy atom. The number of hydrogen-bond donors (Lipinski definition) is 5. The number of aliphatic hydroxyl groups is 4. The van der Waals surface area contributed by atoms with E-state index in [9.17, 15) is 30.0 Å². The first-order valence-corrected chi connectivity index (χ1v) is 13.8. The molecule has 0 saturated carbocycles. The molecule has 234 valence electrons. The Balaban J connectivity index is 1.31. The third kappa shape index (κ3) is 5.12. The fourth-order valence-electron chi connectivity index (χ4n) is 5.79. The Kier molecular flexibility index (Phi) is 7.91. The fourth-order valence-corrected chi connectivity index (χ4v) is 5.79. The molecule has 0 aliphatic carbocycles. The molecule has 14 heteroatoms. The minimum atomic E-state index is -2.18. The second-order valence-corrected chi connectivity index (χ2v) is 10.7. The van der Waals surface area contributed by atoms with Crippen LogP contribution >= 0.6 is 0 Å². The summed E-state index contributed by atoms with van der Waals surface area (Å²) in [5.41, 5.74) is -0.313. The molecule has 5 aliphatic heterocycles. The minimum Gasteiger partial charge on any atom is -0.493 e. The Morgan fingerprint density at radius 2 is 1.95 bits per heavy atom. The predicted molar refractivity (Wildman–Crippen MR) is 145 cm³/mol. The van der Waals surface area contributed by atoms with Crippen molar-refractivity contribution in [2.24, 2.45) is 0 Å². The summed E-state index contributed by atoms with van der Waals surface area (Å²) >= 11 is 0. The Labute approximate surface area is 250 Å². The van der Waals surface area contributed by atoms with Gasteiger partial charge in [0.2, 0.25) is 12.0 Å². The van der Waals surface area contributed by atoms with Gasteiger partial charge in [-0.15, -0.1) is 0 Å². The van der Waals surface area contributed by atoms with Crippen molar-refractivity contribution in [2.75, 3.05) is 33.5 Å². The zero-order valence-corrected chi connectivity index (χ0v) is 23.4. The van der Waals surface area contributed by atoms with Crippen LogP contribution < -0.4 is 23.7 Å². The normalized spacial score (nSPS) is 29.1. The largest absolute Gasteiger partial charge is 0.493 e. The van der Waals surface area contributed by atoms with Gasteiger partial charge < -0.3 is 58.7 Å². The number of carboxylic acids is 1. The lowest BCUT2D eigenvalue weighted by Gasteiger charge is -2.47. The summed E-state index contributed by atoms with van der Waals surface area (Å²) < 4.78 is 40.4. The van der Waals surface area contributed by atoms with Crippen molar-refractivity contribution < 1.29 is 68.3 Å². The molecule has 1 saturated heterocycles. The number of carbonyl (C=O) groups is 2. The van der Waals surface area contributed by atoms with Crippen LogP contribution in [0.5, 0.6) is 28.7 Å². The monoisotopic (exact) mass is 614 g/mol. The minimum absolute atomic E-state index is 0.0424. The molecule has 0 aromatic heterocycles. The van der Waals surface area contributed by atoms with Gasteiger partial charge in [-0.3, -0.25) is 9.59 Å². The molecule has 2 bridgehead atoms. The SMILES string of the molecule is COc1ccc2c(c1OCCO)O[C@H]1c3cc4c(cc3OC[C@@H]21)O[C@@H]1O[C@H](COC(=O)CC(=O)O)[C@](O)(CC#C4)[C@H](O)[C@H]1O. The highest BCUT2D eigenvalue weighted by Gasteiger charge is 2.56. The van der Waals surface area contributed by atoms with Crippen LogP contribution in [-0.4, -0.2) is 101 Å². The molecular weight excluding hydrogens is 584 g/mol. The highest BCUT2D eigenvalue weighted by molar-refractivity contribution is 5.90. The van der Waals surface area contributed by atoms with Gasteiger partial charge in [-0.1, -0.05) is 17.9 Å². The zero-order valence-electron chi connectivity index (χ0n) is 23.4. The van der Waals surface area contributed by atoms with E-state index in [2.05, 4.69) is 11.8 Å². The van der Waals surface area contributed by atoms with Crippen molar-refractivity contribution in [3.05, 3.63) is 41.0 Å². The molecule has 5 aliphatic rings. The summed E-state index contributed by atoms with van der Waals surface area (Å²) in [7, 11) is 1.51. The number of rotatable bonds is 8. The first-order valence-electron chi connectivity index (χ1n) is 13.8. The molecule has 7 atom stereocenters. The maximum atomic E-state index is 11.8. The summed E-state index contributed by atoms with van der Waals surface area (Å²) in [5.74, 6) is 4.94. The van der Waals surface area contributed by atoms with E-state index in [0.717, 1.165) is 5.56 Å². The van der Waals surface area contributed by atoms with E-state index in [1.807, 2.05) is 6.07 Å². The van der Waals surface area contributed by atoms with Crippen LogP contribution in [0.2, 0.25) is 0 Å². The standard InChI is InChI=1S/C30H30O14/c1-38-18-5-4-15-17-12-40-20-10-19-14(9-16(20)25(17)44-26(15)27(18)39-8-7-31)3-2-6-30(37)21(13-41-23(34)11-22(32)33)43-29(42-19)24(35)28(30)36/h4-5,9-10,17,21,24-25,28-29,31,35-37H,6-8,11-13H2,1H3,(H,32,33)/t17-,21+,24+,25-,28+,29+,30+/m0/s1. The number of carbonyl (C=O) groups excluding carboxylic acids is 1. The summed E-state index contributed by atoms with van der Waals surface area (Å²) in [5, 5.41) is 51.1. The third-order valence-electron chi connectivity index (χ3n) is 8.01. The highest BCUT2D eigenvalue weighted by Crippen LogP contribution is 2.57. The number of fused-ring (bicyclic) bond motifs is 8. The lowest BCUT2D eigenvalue weighted by molar-refractivity contribution is -0.312. The Morgan fingerprint density at radius 1 is 1.14 bits per heavy atom. The highest BCUT2D eigenvalue weighted by atomic mass is 16.7. The van der Waals surface area contributed by atoms with Gasteiger partial charge in [0.25, 0.3) is 0 Å². The van der Waals surface area contributed by atoms with Gasteiger partial charge in [-0.05, 0) is 12.1 Å². The van der Waals surface area contributed by atoms with Crippen molar-refractivity contribution in [3.63, 3.8) is 0 Å². The third-order valence-corrected chi connectivity index (χ3v) is 8.01. The molecule has 0 spiro atoms. The number of benzene rings is 2. The van der Waals surface area contributed by atoms with Gasteiger partial charge in [0.05, 0.1) is 31.8 Å². The molecule has 2 aromatic carbocycles. The summed E-state index contributed by atoms with van der Waals surface area (Å²) in [4.78, 5) is 22.6. The number of aliphatic hydroxyl groups excluding tert-OH is 3. The van der Waals surface area contributed by atoms with Crippen molar-refractivity contribution >= 4 is 11.9 Å². The molecule has 1 fully saturated rings. The van der Waals surface area contributed by atoms with Crippen molar-refractivity contribution in [1.82, 2.24) is 0 Å². The molecular formula is C30H30O14. The van der Waals surface area contributed by atoms with E-state index in [0.29, 0.717) is 34.1 Å². The Hall–Kier alpha value is -4.26. The van der Waals surface area contributed by atoms with Crippen LogP contribution in [0.3, 0.4) is 0 Å². The smallest absolute Gasteiger partial charge is 0.317 e. The van der Waals surface area contributed by atoms with Crippen molar-refractivity contribution in [2.45, 2.75) is 55.1 Å². The van der Waals surface area contributed by atoms with Crippen molar-refractivity contribution in [1.29, 1.82) is 0 Å². The number of carboxylic acid groups (broad SMARTS) is 1. The number of aliphatic carboxylic acids is 1. The van der Waals surface area contributed by atoms with Crippen LogP contribution in [0.15, 0.2) is 24.3 Å². The maximum Gasteiger partial charge on any atom is 0.317 e. The molecule has 2 aromatic rings. The lowest BCUT2D eigenvalue weighted by Crippen LogP contribution is -2.68. The Bertz CT molecular complexity index is 1530. The lowest BCUT2D eigenvalue weighted by atomic mass is 9.81. The van der Waals surface area contributed by atoms with E-state index in [-0.39, 0.29) is 31.5 Å². The number of hydrogen-bond acceptors (Lipinski definition) is 13. The van der Waals surface area contributed by atoms with Crippen LogP contribution in [0.4, 0.5) is 0 Å². The molecule has 14 nitrogen and oxygen atoms in total. The second kappa shape index (κ2) is 11.7. The first kappa shape index (κ1) is 29.8. The summed E-state index contributed by atoms with van der Waals surface area (Å²) in [6, 6.07) is 6.93. The molecule has 0 radical (unpaired) electrons. The zero-order chi connectivity index (χ0) is 31.2. The maximum absolute atomic E-state index is 11.8. The van der Waals surface area contributed by atoms with Gasteiger partial charge in [0.15, 0.2) is 11.5 Å². The van der Waals surface area contributed by atoms with E-state index >= 15 is 0 Å². The van der Waals surface area contributed by atoms with E-state index in [1.54, 1.807) is 18.2 Å². The molecule has 0 amide bonds. The number of ether oxygens (including phenoxy) is 7. The molecule has 44 heavy (non-hydrogen) atoms. The van der Waals surface area contributed by atoms with Gasteiger partial charge >= 0.3 is 11.9 Å². The van der Waals surface area contributed by atoms with E-state index in [4.69, 9.17) is 38.3 Å². The second-order valence-electron chi connectivity index (χ2n) is 10.7. The average molecular weight is 615 g/mol. The number of esters is 1. The van der Waals surface area contributed by atoms with Gasteiger partial charge in [0.1, 0.15) is 61.2 Å². The molecule has 5 heterocycles. The fraction of sp³-hybridized carbons (Fsp3) is 0.467. The number of methoxy groups -OCH3 is 1. The van der Waals surface area contributed by atoms with E-state index < -0.39 is 67.7 Å². The van der Waals surface area contributed by atoms with Gasteiger partial charge in [-0.25, -0.2) is 0 Å². The molecule has 0 unspecified atom stereocenters. The van der Waals surface area contributed by atoms with Crippen LogP contribution in [0.1, 0.15) is 41.6 Å². The first-order chi connectivity index (χ1) is 21.1. The molecule has 5 N–H and O–H groups in total. The molecule has 7 rings (SSSR count). The summed E-state index contributed by atoms with van der Waals surface area (Å²) in [6.45, 7) is -0.526. The van der Waals surface area contributed by atoms with Crippen LogP contribution in [0, 0.1) is 11.8 Å². The van der Waals surface area contributed by atoms with Gasteiger partial charge in [-0.2, -0.15) is 0 Å². The topological polar surface area (TPSA) is 200 Å². The predicted octanol–water partition coefficient (Wildman–Crippen LogP) is 0.00570. The van der Waals surface area contributed by atoms with Crippen LogP contribution in [-0.2, 0) is 19.1 Å². The summed E-state index contributed by atoms with van der Waals surface area (Å²) in [6.07, 6.45) is -8.25. The van der Waals surface area contributed by atoms with Crippen molar-refractivity contribution in [3.8, 4) is 40.6 Å². The van der Waals surface area contributed by atoms with E-state index in [1.165, 1.54) is 7.11 Å². The van der Waals surface area contributed by atoms with Crippen LogP contribution in [0.25, 0.3) is 0 Å². The van der Waals surface area contributed by atoms with Gasteiger partial charge in [0, 0.05) is 23.6 Å². The average Bonchev–Trinajstić information content (AvgIpc) is 3.38. The quantitative estimate of drug-likeness (QED) is 0.151.